The maximum Gasteiger partial charge on any atom is 0.453 e. The number of hydrogen-bond donors (Lipinski definition) is 1. The van der Waals surface area contributed by atoms with Crippen molar-refractivity contribution in [1.82, 2.24) is 5.32 Å². The van der Waals surface area contributed by atoms with Crippen LogP contribution in [0.5, 0.6) is 17.2 Å². The minimum atomic E-state index is -5.10. The molecule has 1 heterocycles. The Bertz CT molecular complexity index is 1860. The predicted octanol–water partition coefficient (Wildman–Crippen LogP) is 7.70. The van der Waals surface area contributed by atoms with E-state index in [1.165, 1.54) is 30.3 Å². The van der Waals surface area contributed by atoms with Gasteiger partial charge in [0.2, 0.25) is 11.2 Å². The second-order valence-electron chi connectivity index (χ2n) is 9.67. The number of carbonyl (C=O) groups is 2. The first kappa shape index (κ1) is 31.1. The first-order valence-electron chi connectivity index (χ1n) is 13.4. The second-order valence-corrected chi connectivity index (χ2v) is 10.1. The van der Waals surface area contributed by atoms with Gasteiger partial charge in [0, 0.05) is 17.5 Å². The lowest BCUT2D eigenvalue weighted by Gasteiger charge is -2.18. The zero-order chi connectivity index (χ0) is 32.0. The number of alkyl halides is 3. The van der Waals surface area contributed by atoms with Crippen LogP contribution < -0.4 is 20.2 Å². The Kier molecular flexibility index (Phi) is 9.39. The smallest absolute Gasteiger partial charge is 0.449 e. The van der Waals surface area contributed by atoms with Crippen LogP contribution in [-0.2, 0) is 28.7 Å². The highest BCUT2D eigenvalue weighted by Crippen LogP contribution is 2.38. The van der Waals surface area contributed by atoms with Crippen molar-refractivity contribution in [1.29, 1.82) is 0 Å². The number of rotatable bonds is 9. The number of halogens is 4. The highest BCUT2D eigenvalue weighted by molar-refractivity contribution is 6.30. The lowest BCUT2D eigenvalue weighted by molar-refractivity contribution is -0.154. The van der Waals surface area contributed by atoms with Gasteiger partial charge >= 0.3 is 18.2 Å². The van der Waals surface area contributed by atoms with Gasteiger partial charge in [-0.25, -0.2) is 9.59 Å². The number of carbonyl (C=O) groups excluding carboxylic acids is 2. The molecule has 45 heavy (non-hydrogen) atoms. The molecule has 0 aliphatic heterocycles. The van der Waals surface area contributed by atoms with Crippen molar-refractivity contribution >= 4 is 34.6 Å². The van der Waals surface area contributed by atoms with Gasteiger partial charge in [-0.2, -0.15) is 13.2 Å². The zero-order valence-electron chi connectivity index (χ0n) is 23.2. The molecule has 0 radical (unpaired) electrons. The van der Waals surface area contributed by atoms with Gasteiger partial charge in [0.25, 0.3) is 5.76 Å². The molecule has 12 heteroatoms. The summed E-state index contributed by atoms with van der Waals surface area (Å²) in [5, 5.41) is 2.54. The molecule has 0 aliphatic rings. The van der Waals surface area contributed by atoms with Crippen molar-refractivity contribution in [3.63, 3.8) is 0 Å². The molecule has 0 fully saturated rings. The second kappa shape index (κ2) is 13.6. The maximum absolute atomic E-state index is 14.0. The summed E-state index contributed by atoms with van der Waals surface area (Å²) in [6.07, 6.45) is -5.97. The molecule has 1 N–H and O–H groups in total. The first-order chi connectivity index (χ1) is 21.6. The van der Waals surface area contributed by atoms with Crippen molar-refractivity contribution in [2.45, 2.75) is 25.2 Å². The molecule has 1 atom stereocenters. The molecule has 230 valence electrons. The van der Waals surface area contributed by atoms with Crippen molar-refractivity contribution in [3.8, 4) is 17.2 Å². The van der Waals surface area contributed by atoms with Crippen molar-refractivity contribution in [2.24, 2.45) is 0 Å². The van der Waals surface area contributed by atoms with Gasteiger partial charge in [-0.15, -0.1) is 0 Å². The molecule has 1 unspecified atom stereocenters. The monoisotopic (exact) mass is 637 g/mol. The highest BCUT2D eigenvalue weighted by Gasteiger charge is 2.40. The van der Waals surface area contributed by atoms with Gasteiger partial charge in [0.1, 0.15) is 29.7 Å². The Balaban J connectivity index is 1.39. The Labute approximate surface area is 258 Å². The summed E-state index contributed by atoms with van der Waals surface area (Å²) >= 11 is 5.82. The zero-order valence-corrected chi connectivity index (χ0v) is 23.9. The SMILES string of the molecule is O=C(NC(Cc1ccccc1)C(=O)Oc1ccc2c(=O)c(Oc3ccc(Cl)cc3)c(C(F)(F)F)oc2c1)OCc1ccccc1. The Morgan fingerprint density at radius 3 is 2.11 bits per heavy atom. The molecule has 0 spiro atoms. The van der Waals surface area contributed by atoms with E-state index >= 15 is 0 Å². The molecule has 0 saturated carbocycles. The minimum absolute atomic E-state index is 0.0202. The fourth-order valence-corrected chi connectivity index (χ4v) is 4.38. The van der Waals surface area contributed by atoms with Crippen LogP contribution in [-0.4, -0.2) is 18.1 Å². The standard InChI is InChI=1S/C33H23ClF3NO7/c34-22-11-13-23(14-12-22)43-29-28(39)25-16-15-24(18-27(25)45-30(29)33(35,36)37)44-31(40)26(17-20-7-3-1-4-8-20)38-32(41)42-19-21-9-5-2-6-10-21/h1-16,18,26H,17,19H2,(H,38,41). The van der Waals surface area contributed by atoms with E-state index < -0.39 is 46.8 Å². The molecule has 5 rings (SSSR count). The summed E-state index contributed by atoms with van der Waals surface area (Å²) in [5.74, 6) is -3.98. The van der Waals surface area contributed by atoms with Crippen molar-refractivity contribution in [3.05, 3.63) is 135 Å². The Morgan fingerprint density at radius 1 is 0.844 bits per heavy atom. The van der Waals surface area contributed by atoms with Gasteiger partial charge in [0.15, 0.2) is 0 Å². The molecule has 0 saturated heterocycles. The van der Waals surface area contributed by atoms with E-state index in [1.807, 2.05) is 6.07 Å². The van der Waals surface area contributed by atoms with Gasteiger partial charge in [0.05, 0.1) is 5.39 Å². The topological polar surface area (TPSA) is 104 Å². The van der Waals surface area contributed by atoms with Crippen LogP contribution >= 0.6 is 11.6 Å². The third-order valence-electron chi connectivity index (χ3n) is 6.40. The third-order valence-corrected chi connectivity index (χ3v) is 6.66. The summed E-state index contributed by atoms with van der Waals surface area (Å²) in [7, 11) is 0. The van der Waals surface area contributed by atoms with E-state index in [1.54, 1.807) is 54.6 Å². The molecule has 5 aromatic rings. The number of fused-ring (bicyclic) bond motifs is 1. The Hall–Kier alpha value is -5.29. The van der Waals surface area contributed by atoms with E-state index in [0.29, 0.717) is 10.6 Å². The quantitative estimate of drug-likeness (QED) is 0.130. The first-order valence-corrected chi connectivity index (χ1v) is 13.8. The van der Waals surface area contributed by atoms with Crippen LogP contribution in [0.4, 0.5) is 18.0 Å². The Morgan fingerprint density at radius 2 is 1.47 bits per heavy atom. The fraction of sp³-hybridized carbons (Fsp3) is 0.121. The molecule has 1 aromatic heterocycles. The van der Waals surface area contributed by atoms with Crippen LogP contribution in [0.25, 0.3) is 11.0 Å². The number of ether oxygens (including phenoxy) is 3. The largest absolute Gasteiger partial charge is 0.453 e. The number of hydrogen-bond acceptors (Lipinski definition) is 7. The minimum Gasteiger partial charge on any atom is -0.449 e. The average Bonchev–Trinajstić information content (AvgIpc) is 3.02. The van der Waals surface area contributed by atoms with Gasteiger partial charge in [-0.1, -0.05) is 72.3 Å². The van der Waals surface area contributed by atoms with E-state index in [-0.39, 0.29) is 29.9 Å². The molecular weight excluding hydrogens is 615 g/mol. The molecule has 0 aliphatic carbocycles. The van der Waals surface area contributed by atoms with Gasteiger partial charge < -0.3 is 23.9 Å². The van der Waals surface area contributed by atoms with Crippen LogP contribution in [0.3, 0.4) is 0 Å². The number of alkyl carbamates (subject to hydrolysis) is 1. The van der Waals surface area contributed by atoms with E-state index in [4.69, 9.17) is 30.2 Å². The number of amides is 1. The molecular formula is C33H23ClF3NO7. The number of nitrogens with one attached hydrogen (secondary N) is 1. The van der Waals surface area contributed by atoms with E-state index in [0.717, 1.165) is 17.7 Å². The van der Waals surface area contributed by atoms with Crippen LogP contribution in [0.2, 0.25) is 5.02 Å². The summed E-state index contributed by atoms with van der Waals surface area (Å²) in [4.78, 5) is 38.9. The van der Waals surface area contributed by atoms with Gasteiger partial charge in [-0.3, -0.25) is 4.79 Å². The van der Waals surface area contributed by atoms with Crippen molar-refractivity contribution in [2.75, 3.05) is 0 Å². The van der Waals surface area contributed by atoms with Crippen molar-refractivity contribution < 1.29 is 41.4 Å². The fourth-order valence-electron chi connectivity index (χ4n) is 4.26. The lowest BCUT2D eigenvalue weighted by atomic mass is 10.1. The number of benzene rings is 4. The van der Waals surface area contributed by atoms with E-state index in [2.05, 4.69) is 5.32 Å². The van der Waals surface area contributed by atoms with Crippen LogP contribution in [0.15, 0.2) is 112 Å². The molecule has 4 aromatic carbocycles. The highest BCUT2D eigenvalue weighted by atomic mass is 35.5. The molecule has 0 bridgehead atoms. The van der Waals surface area contributed by atoms with Gasteiger partial charge in [-0.05, 0) is 47.5 Å². The summed E-state index contributed by atoms with van der Waals surface area (Å²) in [6, 6.07) is 25.1. The normalized spacial score (nSPS) is 11.9. The third kappa shape index (κ3) is 8.01. The van der Waals surface area contributed by atoms with Crippen LogP contribution in [0, 0.1) is 0 Å². The van der Waals surface area contributed by atoms with Crippen LogP contribution in [0.1, 0.15) is 16.9 Å². The number of esters is 1. The predicted molar refractivity (Wildman–Crippen MR) is 158 cm³/mol. The molecule has 1 amide bonds. The summed E-state index contributed by atoms with van der Waals surface area (Å²) < 4.78 is 62.9. The molecule has 8 nitrogen and oxygen atoms in total. The van der Waals surface area contributed by atoms with E-state index in [9.17, 15) is 27.6 Å². The lowest BCUT2D eigenvalue weighted by Crippen LogP contribution is -2.44. The summed E-state index contributed by atoms with van der Waals surface area (Å²) in [5.41, 5.74) is -0.181. The summed E-state index contributed by atoms with van der Waals surface area (Å²) in [6.45, 7) is -0.0469. The average molecular weight is 638 g/mol. The maximum atomic E-state index is 14.0.